The molecular formula is C14H34N+. The average molecular weight is 216 g/mol. The second-order valence-electron chi connectivity index (χ2n) is 4.74. The highest BCUT2D eigenvalue weighted by Gasteiger charge is 2.09. The van der Waals surface area contributed by atoms with E-state index in [4.69, 9.17) is 0 Å². The van der Waals surface area contributed by atoms with Gasteiger partial charge in [-0.05, 0) is 19.8 Å². The highest BCUT2D eigenvalue weighted by molar-refractivity contribution is 4.43. The van der Waals surface area contributed by atoms with Crippen molar-refractivity contribution in [3.8, 4) is 0 Å². The first-order valence-corrected chi connectivity index (χ1v) is 6.94. The lowest BCUT2D eigenvalue weighted by Gasteiger charge is -2.28. The normalized spacial score (nSPS) is 10.8. The first-order valence-electron chi connectivity index (χ1n) is 6.94. The van der Waals surface area contributed by atoms with E-state index in [1.54, 1.807) is 0 Å². The molecule has 0 aliphatic carbocycles. The standard InChI is InChI=1S/C12H28N.C2H6/c1-5-7-8-9-10-11-12-13(3,4)6-2;1-2/h5-12H2,1-4H3;1-2H3/q+1;. The maximum atomic E-state index is 2.33. The molecule has 0 radical (unpaired) electrons. The number of hydrogen-bond acceptors (Lipinski definition) is 0. The number of quaternary nitrogens is 1. The molecule has 0 aliphatic rings. The summed E-state index contributed by atoms with van der Waals surface area (Å²) >= 11 is 0. The maximum Gasteiger partial charge on any atom is 0.0782 e. The zero-order valence-electron chi connectivity index (χ0n) is 12.1. The van der Waals surface area contributed by atoms with Gasteiger partial charge in [-0.15, -0.1) is 0 Å². The van der Waals surface area contributed by atoms with E-state index in [1.165, 1.54) is 56.1 Å². The third-order valence-electron chi connectivity index (χ3n) is 2.97. The molecule has 0 aliphatic heterocycles. The van der Waals surface area contributed by atoms with Crippen molar-refractivity contribution in [2.75, 3.05) is 27.2 Å². The molecule has 94 valence electrons. The van der Waals surface area contributed by atoms with Crippen molar-refractivity contribution in [1.29, 1.82) is 0 Å². The minimum absolute atomic E-state index is 1.19. The molecule has 0 saturated carbocycles. The largest absolute Gasteiger partial charge is 0.329 e. The Labute approximate surface area is 98.5 Å². The summed E-state index contributed by atoms with van der Waals surface area (Å²) in [6.07, 6.45) is 8.50. The molecule has 0 heterocycles. The second-order valence-corrected chi connectivity index (χ2v) is 4.74. The summed E-state index contributed by atoms with van der Waals surface area (Å²) in [5.41, 5.74) is 0. The van der Waals surface area contributed by atoms with Crippen LogP contribution in [0.15, 0.2) is 0 Å². The molecule has 0 aromatic heterocycles. The second kappa shape index (κ2) is 12.0. The van der Waals surface area contributed by atoms with Gasteiger partial charge in [0.25, 0.3) is 0 Å². The van der Waals surface area contributed by atoms with Gasteiger partial charge in [0.2, 0.25) is 0 Å². The summed E-state index contributed by atoms with van der Waals surface area (Å²) in [5.74, 6) is 0. The van der Waals surface area contributed by atoms with E-state index in [0.717, 1.165) is 0 Å². The number of hydrogen-bond donors (Lipinski definition) is 0. The molecule has 0 fully saturated rings. The van der Waals surface area contributed by atoms with Crippen LogP contribution in [0.25, 0.3) is 0 Å². The summed E-state index contributed by atoms with van der Waals surface area (Å²) in [7, 11) is 4.65. The van der Waals surface area contributed by atoms with Crippen molar-refractivity contribution < 1.29 is 4.48 Å². The van der Waals surface area contributed by atoms with E-state index in [1.807, 2.05) is 13.8 Å². The minimum Gasteiger partial charge on any atom is -0.329 e. The SMILES string of the molecule is CC.CCCCCCCC[N+](C)(C)CC. The highest BCUT2D eigenvalue weighted by atomic mass is 15.3. The van der Waals surface area contributed by atoms with Crippen molar-refractivity contribution in [1.82, 2.24) is 0 Å². The molecule has 0 aromatic carbocycles. The molecule has 0 atom stereocenters. The quantitative estimate of drug-likeness (QED) is 0.415. The summed E-state index contributed by atoms with van der Waals surface area (Å²) in [6, 6.07) is 0. The van der Waals surface area contributed by atoms with Crippen molar-refractivity contribution >= 4 is 0 Å². The lowest BCUT2D eigenvalue weighted by Crippen LogP contribution is -2.39. The Morgan fingerprint density at radius 1 is 0.733 bits per heavy atom. The van der Waals surface area contributed by atoms with Gasteiger partial charge in [0.05, 0.1) is 27.2 Å². The smallest absolute Gasteiger partial charge is 0.0782 e. The van der Waals surface area contributed by atoms with Gasteiger partial charge in [-0.3, -0.25) is 0 Å². The van der Waals surface area contributed by atoms with Crippen LogP contribution >= 0.6 is 0 Å². The lowest BCUT2D eigenvalue weighted by atomic mass is 10.1. The Kier molecular flexibility index (Phi) is 13.9. The summed E-state index contributed by atoms with van der Waals surface area (Å²) < 4.78 is 1.19. The third-order valence-corrected chi connectivity index (χ3v) is 2.97. The van der Waals surface area contributed by atoms with E-state index in [0.29, 0.717) is 0 Å². The van der Waals surface area contributed by atoms with Crippen molar-refractivity contribution in [3.63, 3.8) is 0 Å². The van der Waals surface area contributed by atoms with Gasteiger partial charge in [-0.1, -0.05) is 46.5 Å². The number of unbranched alkanes of at least 4 members (excludes halogenated alkanes) is 5. The number of nitrogens with zero attached hydrogens (tertiary/aromatic N) is 1. The molecule has 0 spiro atoms. The van der Waals surface area contributed by atoms with Crippen LogP contribution in [0.5, 0.6) is 0 Å². The van der Waals surface area contributed by atoms with Crippen LogP contribution in [0.1, 0.15) is 66.2 Å². The van der Waals surface area contributed by atoms with Crippen LogP contribution in [0.2, 0.25) is 0 Å². The van der Waals surface area contributed by atoms with E-state index in [2.05, 4.69) is 27.9 Å². The molecule has 0 rings (SSSR count). The van der Waals surface area contributed by atoms with Crippen molar-refractivity contribution in [2.45, 2.75) is 66.2 Å². The van der Waals surface area contributed by atoms with Crippen LogP contribution in [0.4, 0.5) is 0 Å². The Hall–Kier alpha value is -0.0400. The van der Waals surface area contributed by atoms with Crippen LogP contribution < -0.4 is 0 Å². The molecule has 0 saturated heterocycles. The number of rotatable bonds is 8. The predicted molar refractivity (Wildman–Crippen MR) is 72.2 cm³/mol. The Morgan fingerprint density at radius 3 is 1.67 bits per heavy atom. The summed E-state index contributed by atoms with van der Waals surface area (Å²) in [5, 5.41) is 0. The molecule has 0 N–H and O–H groups in total. The molecule has 15 heavy (non-hydrogen) atoms. The minimum atomic E-state index is 1.19. The average Bonchev–Trinajstić information content (AvgIpc) is 2.26. The van der Waals surface area contributed by atoms with Crippen LogP contribution in [-0.4, -0.2) is 31.7 Å². The highest BCUT2D eigenvalue weighted by Crippen LogP contribution is 2.07. The Bertz CT molecular complexity index is 108. The van der Waals surface area contributed by atoms with Gasteiger partial charge >= 0.3 is 0 Å². The molecule has 1 heteroatoms. The van der Waals surface area contributed by atoms with Gasteiger partial charge < -0.3 is 4.48 Å². The lowest BCUT2D eigenvalue weighted by molar-refractivity contribution is -0.888. The monoisotopic (exact) mass is 216 g/mol. The third kappa shape index (κ3) is 14.0. The van der Waals surface area contributed by atoms with E-state index >= 15 is 0 Å². The zero-order valence-corrected chi connectivity index (χ0v) is 12.1. The van der Waals surface area contributed by atoms with Gasteiger partial charge in [-0.25, -0.2) is 0 Å². The van der Waals surface area contributed by atoms with Crippen molar-refractivity contribution in [2.24, 2.45) is 0 Å². The summed E-state index contributed by atoms with van der Waals surface area (Å²) in [6.45, 7) is 11.2. The fraction of sp³-hybridized carbons (Fsp3) is 1.00. The summed E-state index contributed by atoms with van der Waals surface area (Å²) in [4.78, 5) is 0. The first-order chi connectivity index (χ1) is 7.12. The van der Waals surface area contributed by atoms with Crippen LogP contribution in [0.3, 0.4) is 0 Å². The van der Waals surface area contributed by atoms with Crippen LogP contribution in [-0.2, 0) is 0 Å². The fourth-order valence-electron chi connectivity index (χ4n) is 1.48. The van der Waals surface area contributed by atoms with E-state index in [-0.39, 0.29) is 0 Å². The van der Waals surface area contributed by atoms with E-state index < -0.39 is 0 Å². The van der Waals surface area contributed by atoms with Gasteiger partial charge in [0, 0.05) is 0 Å². The van der Waals surface area contributed by atoms with Crippen LogP contribution in [0, 0.1) is 0 Å². The van der Waals surface area contributed by atoms with Gasteiger partial charge in [0.15, 0.2) is 0 Å². The first kappa shape index (κ1) is 17.4. The molecule has 1 nitrogen and oxygen atoms in total. The molecule has 0 aromatic rings. The van der Waals surface area contributed by atoms with Crippen molar-refractivity contribution in [3.05, 3.63) is 0 Å². The molecule has 0 amide bonds. The molecule has 0 unspecified atom stereocenters. The maximum absolute atomic E-state index is 2.33. The van der Waals surface area contributed by atoms with Gasteiger partial charge in [0.1, 0.15) is 0 Å². The molecule has 0 bridgehead atoms. The van der Waals surface area contributed by atoms with Gasteiger partial charge in [-0.2, -0.15) is 0 Å². The van der Waals surface area contributed by atoms with E-state index in [9.17, 15) is 0 Å². The zero-order chi connectivity index (χ0) is 12.2. The fourth-order valence-corrected chi connectivity index (χ4v) is 1.48. The topological polar surface area (TPSA) is 0 Å². The predicted octanol–water partition coefficient (Wildman–Crippen LogP) is 4.47. The Morgan fingerprint density at radius 2 is 1.20 bits per heavy atom. The molecular weight excluding hydrogens is 182 g/mol. The Balaban J connectivity index is 0.